The molecule has 0 fully saturated rings. The summed E-state index contributed by atoms with van der Waals surface area (Å²) in [5.41, 5.74) is 0.323. The lowest BCUT2D eigenvalue weighted by Gasteiger charge is -2.09. The number of aromatic hydroxyl groups is 1. The highest BCUT2D eigenvalue weighted by molar-refractivity contribution is 6.15. The molecule has 4 nitrogen and oxygen atoms in total. The SMILES string of the molecule is COc1cc(O)c2c(ccc3cccc(N=O)c32)c1. The molecule has 0 radical (unpaired) electrons. The van der Waals surface area contributed by atoms with Gasteiger partial charge in [-0.15, -0.1) is 4.91 Å². The molecule has 4 heteroatoms. The maximum atomic E-state index is 10.9. The van der Waals surface area contributed by atoms with Crippen LogP contribution in [0.4, 0.5) is 5.69 Å². The van der Waals surface area contributed by atoms with Gasteiger partial charge in [-0.05, 0) is 28.1 Å². The van der Waals surface area contributed by atoms with Crippen LogP contribution in [0.25, 0.3) is 21.5 Å². The lowest BCUT2D eigenvalue weighted by atomic mass is 9.99. The molecule has 0 aliphatic rings. The molecular weight excluding hydrogens is 242 g/mol. The number of nitroso groups, excluding NO2 is 1. The van der Waals surface area contributed by atoms with Crippen molar-refractivity contribution in [3.63, 3.8) is 0 Å². The van der Waals surface area contributed by atoms with Gasteiger partial charge in [0.25, 0.3) is 0 Å². The number of hydrogen-bond acceptors (Lipinski definition) is 4. The average Bonchev–Trinajstić information content (AvgIpc) is 2.45. The van der Waals surface area contributed by atoms with Gasteiger partial charge in [0.2, 0.25) is 0 Å². The third-order valence-electron chi connectivity index (χ3n) is 3.22. The molecule has 94 valence electrons. The van der Waals surface area contributed by atoms with E-state index in [2.05, 4.69) is 5.18 Å². The summed E-state index contributed by atoms with van der Waals surface area (Å²) in [4.78, 5) is 10.9. The van der Waals surface area contributed by atoms with Crippen LogP contribution in [0.5, 0.6) is 11.5 Å². The molecule has 0 saturated heterocycles. The minimum absolute atomic E-state index is 0.0797. The summed E-state index contributed by atoms with van der Waals surface area (Å²) in [6.07, 6.45) is 0. The molecule has 0 heterocycles. The Morgan fingerprint density at radius 1 is 1.05 bits per heavy atom. The van der Waals surface area contributed by atoms with Crippen LogP contribution in [0.3, 0.4) is 0 Å². The first kappa shape index (κ1) is 11.5. The molecule has 0 bridgehead atoms. The van der Waals surface area contributed by atoms with Crippen molar-refractivity contribution in [3.8, 4) is 11.5 Å². The number of nitrogens with zero attached hydrogens (tertiary/aromatic N) is 1. The van der Waals surface area contributed by atoms with E-state index >= 15 is 0 Å². The van der Waals surface area contributed by atoms with Gasteiger partial charge in [-0.25, -0.2) is 0 Å². The largest absolute Gasteiger partial charge is 0.507 e. The Morgan fingerprint density at radius 3 is 2.58 bits per heavy atom. The highest BCUT2D eigenvalue weighted by Gasteiger charge is 2.11. The maximum Gasteiger partial charge on any atom is 0.127 e. The minimum atomic E-state index is 0.0797. The number of phenolic OH excluding ortho intramolecular Hbond substituents is 1. The summed E-state index contributed by atoms with van der Waals surface area (Å²) in [5.74, 6) is 0.650. The van der Waals surface area contributed by atoms with Crippen LogP contribution in [0.2, 0.25) is 0 Å². The van der Waals surface area contributed by atoms with Crippen LogP contribution < -0.4 is 4.74 Å². The molecular formula is C15H11NO3. The van der Waals surface area contributed by atoms with Crippen LogP contribution in [0.15, 0.2) is 47.6 Å². The van der Waals surface area contributed by atoms with Crippen LogP contribution >= 0.6 is 0 Å². The fourth-order valence-electron chi connectivity index (χ4n) is 2.37. The fourth-order valence-corrected chi connectivity index (χ4v) is 2.37. The van der Waals surface area contributed by atoms with Gasteiger partial charge < -0.3 is 9.84 Å². The third-order valence-corrected chi connectivity index (χ3v) is 3.22. The lowest BCUT2D eigenvalue weighted by molar-refractivity contribution is 0.409. The van der Waals surface area contributed by atoms with Crippen molar-refractivity contribution in [3.05, 3.63) is 47.4 Å². The first-order chi connectivity index (χ1) is 9.24. The van der Waals surface area contributed by atoms with Crippen molar-refractivity contribution in [2.24, 2.45) is 5.18 Å². The Kier molecular flexibility index (Phi) is 2.56. The number of ether oxygens (including phenoxy) is 1. The molecule has 0 saturated carbocycles. The van der Waals surface area contributed by atoms with E-state index in [1.807, 2.05) is 24.3 Å². The zero-order chi connectivity index (χ0) is 13.4. The van der Waals surface area contributed by atoms with E-state index in [0.29, 0.717) is 22.2 Å². The molecule has 3 aromatic rings. The molecule has 0 unspecified atom stereocenters. The smallest absolute Gasteiger partial charge is 0.127 e. The summed E-state index contributed by atoms with van der Waals surface area (Å²) in [5, 5.41) is 16.2. The van der Waals surface area contributed by atoms with E-state index in [-0.39, 0.29) is 5.75 Å². The second kappa shape index (κ2) is 4.24. The first-order valence-electron chi connectivity index (χ1n) is 5.80. The maximum absolute atomic E-state index is 10.9. The van der Waals surface area contributed by atoms with Crippen LogP contribution in [0, 0.1) is 4.91 Å². The van der Waals surface area contributed by atoms with Crippen molar-refractivity contribution in [1.29, 1.82) is 0 Å². The minimum Gasteiger partial charge on any atom is -0.507 e. The van der Waals surface area contributed by atoms with Crippen molar-refractivity contribution in [1.82, 2.24) is 0 Å². The highest BCUT2D eigenvalue weighted by atomic mass is 16.5. The second-order valence-electron chi connectivity index (χ2n) is 4.28. The Hall–Kier alpha value is -2.62. The topological polar surface area (TPSA) is 58.9 Å². The Bertz CT molecular complexity index is 796. The quantitative estimate of drug-likeness (QED) is 0.552. The van der Waals surface area contributed by atoms with Crippen LogP contribution in [-0.4, -0.2) is 12.2 Å². The zero-order valence-electron chi connectivity index (χ0n) is 10.3. The number of hydrogen-bond donors (Lipinski definition) is 1. The van der Waals surface area contributed by atoms with E-state index in [9.17, 15) is 10.0 Å². The van der Waals surface area contributed by atoms with E-state index in [4.69, 9.17) is 4.74 Å². The summed E-state index contributed by atoms with van der Waals surface area (Å²) in [6.45, 7) is 0. The van der Waals surface area contributed by atoms with Gasteiger partial charge >= 0.3 is 0 Å². The van der Waals surface area contributed by atoms with Gasteiger partial charge in [-0.1, -0.05) is 24.3 Å². The molecule has 0 amide bonds. The predicted octanol–water partition coefficient (Wildman–Crippen LogP) is 4.11. The molecule has 1 N–H and O–H groups in total. The van der Waals surface area contributed by atoms with Gasteiger partial charge in [-0.3, -0.25) is 0 Å². The standard InChI is InChI=1S/C15H11NO3/c1-19-11-7-10-6-5-9-3-2-4-12(16-18)14(9)15(10)13(17)8-11/h2-8,17H,1H3. The molecule has 0 spiro atoms. The number of benzene rings is 3. The van der Waals surface area contributed by atoms with Crippen molar-refractivity contribution < 1.29 is 9.84 Å². The monoisotopic (exact) mass is 253 g/mol. The van der Waals surface area contributed by atoms with Gasteiger partial charge in [0.1, 0.15) is 17.2 Å². The van der Waals surface area contributed by atoms with Crippen molar-refractivity contribution in [2.75, 3.05) is 7.11 Å². The zero-order valence-corrected chi connectivity index (χ0v) is 10.3. The fraction of sp³-hybridized carbons (Fsp3) is 0.0667. The average molecular weight is 253 g/mol. The molecule has 19 heavy (non-hydrogen) atoms. The normalized spacial score (nSPS) is 10.8. The van der Waals surface area contributed by atoms with E-state index in [0.717, 1.165) is 10.8 Å². The van der Waals surface area contributed by atoms with Crippen molar-refractivity contribution >= 4 is 27.2 Å². The van der Waals surface area contributed by atoms with E-state index in [1.54, 1.807) is 19.2 Å². The third kappa shape index (κ3) is 1.69. The van der Waals surface area contributed by atoms with Gasteiger partial charge in [0.15, 0.2) is 0 Å². The van der Waals surface area contributed by atoms with Crippen LogP contribution in [0.1, 0.15) is 0 Å². The molecule has 3 rings (SSSR count). The molecule has 3 aromatic carbocycles. The number of fused-ring (bicyclic) bond motifs is 3. The first-order valence-corrected chi connectivity index (χ1v) is 5.80. The summed E-state index contributed by atoms with van der Waals surface area (Å²) in [7, 11) is 1.54. The Balaban J connectivity index is 2.55. The second-order valence-corrected chi connectivity index (χ2v) is 4.28. The molecule has 0 atom stereocenters. The van der Waals surface area contributed by atoms with Gasteiger partial charge in [0.05, 0.1) is 7.11 Å². The van der Waals surface area contributed by atoms with Crippen LogP contribution in [-0.2, 0) is 0 Å². The summed E-state index contributed by atoms with van der Waals surface area (Å²) < 4.78 is 5.13. The van der Waals surface area contributed by atoms with E-state index < -0.39 is 0 Å². The van der Waals surface area contributed by atoms with E-state index in [1.165, 1.54) is 6.07 Å². The van der Waals surface area contributed by atoms with Gasteiger partial charge in [-0.2, -0.15) is 0 Å². The number of methoxy groups -OCH3 is 1. The summed E-state index contributed by atoms with van der Waals surface area (Å²) >= 11 is 0. The molecule has 0 aliphatic heterocycles. The summed E-state index contributed by atoms with van der Waals surface area (Å²) in [6, 6.07) is 12.4. The van der Waals surface area contributed by atoms with Crippen molar-refractivity contribution in [2.45, 2.75) is 0 Å². The highest BCUT2D eigenvalue weighted by Crippen LogP contribution is 2.39. The molecule has 0 aliphatic carbocycles. The Morgan fingerprint density at radius 2 is 1.84 bits per heavy atom. The number of phenols is 1. The Labute approximate surface area is 109 Å². The lowest BCUT2D eigenvalue weighted by Crippen LogP contribution is -1.85. The molecule has 0 aromatic heterocycles. The van der Waals surface area contributed by atoms with Gasteiger partial charge in [0, 0.05) is 16.8 Å². The predicted molar refractivity (Wildman–Crippen MR) is 75.1 cm³/mol. The number of rotatable bonds is 2.